The average Bonchev–Trinajstić information content (AvgIpc) is 2.55. The highest BCUT2D eigenvalue weighted by Gasteiger charge is 2.10. The van der Waals surface area contributed by atoms with Crippen molar-refractivity contribution >= 4 is 41.0 Å². The smallest absolute Gasteiger partial charge is 0.234 e. The summed E-state index contributed by atoms with van der Waals surface area (Å²) in [6, 6.07) is 10.5. The van der Waals surface area contributed by atoms with Crippen LogP contribution in [-0.4, -0.2) is 23.3 Å². The molecule has 2 rings (SSSR count). The number of rotatable bonds is 7. The number of hydrogen-bond acceptors (Lipinski definition) is 4. The molecular formula is C16H14F2N2O2S2. The number of carbonyl (C=O) groups excluding carboxylic acids is 2. The number of anilines is 1. The molecule has 3 N–H and O–H groups in total. The van der Waals surface area contributed by atoms with Crippen molar-refractivity contribution in [3.05, 3.63) is 54.1 Å². The van der Waals surface area contributed by atoms with Crippen LogP contribution in [0.15, 0.2) is 52.3 Å². The first kappa shape index (κ1) is 18.3. The second kappa shape index (κ2) is 8.70. The van der Waals surface area contributed by atoms with Crippen molar-refractivity contribution in [3.63, 3.8) is 0 Å². The molecule has 0 spiro atoms. The van der Waals surface area contributed by atoms with Gasteiger partial charge in [-0.3, -0.25) is 9.59 Å². The van der Waals surface area contributed by atoms with Gasteiger partial charge in [-0.15, -0.1) is 23.5 Å². The van der Waals surface area contributed by atoms with Gasteiger partial charge in [-0.2, -0.15) is 0 Å². The number of amides is 2. The van der Waals surface area contributed by atoms with Crippen molar-refractivity contribution in [1.82, 2.24) is 0 Å². The molecule has 24 heavy (non-hydrogen) atoms. The van der Waals surface area contributed by atoms with Crippen molar-refractivity contribution in [2.75, 3.05) is 16.8 Å². The first-order valence-electron chi connectivity index (χ1n) is 6.83. The van der Waals surface area contributed by atoms with Crippen LogP contribution in [-0.2, 0) is 9.59 Å². The van der Waals surface area contributed by atoms with Crippen molar-refractivity contribution in [2.45, 2.75) is 9.79 Å². The summed E-state index contributed by atoms with van der Waals surface area (Å²) in [5.41, 5.74) is 5.69. The van der Waals surface area contributed by atoms with Gasteiger partial charge in [0.05, 0.1) is 17.2 Å². The minimum atomic E-state index is -0.950. The highest BCUT2D eigenvalue weighted by molar-refractivity contribution is 8.00. The van der Waals surface area contributed by atoms with E-state index in [0.29, 0.717) is 10.6 Å². The predicted octanol–water partition coefficient (Wildman–Crippen LogP) is 3.27. The summed E-state index contributed by atoms with van der Waals surface area (Å²) in [6.07, 6.45) is 0. The summed E-state index contributed by atoms with van der Waals surface area (Å²) < 4.78 is 26.0. The standard InChI is InChI=1S/C16H14F2N2O2S2/c17-11-6-5-10(7-12(11)18)23-9-16(22)20-13-3-1-2-4-14(13)24-8-15(19)21/h1-7H,8-9H2,(H2,19,21)(H,20,22). The highest BCUT2D eigenvalue weighted by atomic mass is 32.2. The van der Waals surface area contributed by atoms with Crippen LogP contribution in [0.1, 0.15) is 0 Å². The topological polar surface area (TPSA) is 72.2 Å². The van der Waals surface area contributed by atoms with Gasteiger partial charge in [0.15, 0.2) is 11.6 Å². The van der Waals surface area contributed by atoms with Gasteiger partial charge in [-0.05, 0) is 30.3 Å². The molecule has 4 nitrogen and oxygen atoms in total. The lowest BCUT2D eigenvalue weighted by atomic mass is 10.3. The second-order valence-corrected chi connectivity index (χ2v) is 6.73. The molecule has 0 radical (unpaired) electrons. The predicted molar refractivity (Wildman–Crippen MR) is 92.1 cm³/mol. The van der Waals surface area contributed by atoms with Crippen LogP contribution in [0.25, 0.3) is 0 Å². The van der Waals surface area contributed by atoms with E-state index >= 15 is 0 Å². The van der Waals surface area contributed by atoms with E-state index in [9.17, 15) is 18.4 Å². The molecule has 0 aliphatic carbocycles. The molecule has 0 bridgehead atoms. The van der Waals surface area contributed by atoms with E-state index in [1.165, 1.54) is 17.8 Å². The quantitative estimate of drug-likeness (QED) is 0.736. The van der Waals surface area contributed by atoms with E-state index in [0.717, 1.165) is 28.8 Å². The number of thioether (sulfide) groups is 2. The fourth-order valence-electron chi connectivity index (χ4n) is 1.75. The minimum Gasteiger partial charge on any atom is -0.369 e. The lowest BCUT2D eigenvalue weighted by molar-refractivity contribution is -0.115. The Labute approximate surface area is 146 Å². The lowest BCUT2D eigenvalue weighted by Crippen LogP contribution is -2.16. The highest BCUT2D eigenvalue weighted by Crippen LogP contribution is 2.27. The zero-order chi connectivity index (χ0) is 17.5. The summed E-state index contributed by atoms with van der Waals surface area (Å²) >= 11 is 2.32. The van der Waals surface area contributed by atoms with Crippen molar-refractivity contribution in [2.24, 2.45) is 5.73 Å². The molecule has 2 aromatic rings. The van der Waals surface area contributed by atoms with Crippen LogP contribution >= 0.6 is 23.5 Å². The molecule has 0 heterocycles. The average molecular weight is 368 g/mol. The molecule has 0 saturated heterocycles. The van der Waals surface area contributed by atoms with E-state index in [-0.39, 0.29) is 17.4 Å². The van der Waals surface area contributed by atoms with Crippen LogP contribution in [0, 0.1) is 11.6 Å². The van der Waals surface area contributed by atoms with Crippen LogP contribution in [0.5, 0.6) is 0 Å². The zero-order valence-corrected chi connectivity index (χ0v) is 14.1. The maximum absolute atomic E-state index is 13.1. The normalized spacial score (nSPS) is 10.4. The van der Waals surface area contributed by atoms with E-state index in [1.807, 2.05) is 0 Å². The molecule has 0 aliphatic heterocycles. The summed E-state index contributed by atoms with van der Waals surface area (Å²) in [4.78, 5) is 24.1. The molecule has 0 unspecified atom stereocenters. The van der Waals surface area contributed by atoms with Crippen molar-refractivity contribution in [3.8, 4) is 0 Å². The summed E-state index contributed by atoms with van der Waals surface area (Å²) in [5, 5.41) is 2.73. The Hall–Kier alpha value is -2.06. The molecule has 2 amide bonds. The number of nitrogens with one attached hydrogen (secondary N) is 1. The van der Waals surface area contributed by atoms with Crippen molar-refractivity contribution < 1.29 is 18.4 Å². The lowest BCUT2D eigenvalue weighted by Gasteiger charge is -2.10. The Morgan fingerprint density at radius 3 is 2.46 bits per heavy atom. The minimum absolute atomic E-state index is 0.0416. The number of primary amides is 1. The van der Waals surface area contributed by atoms with Gasteiger partial charge in [0.1, 0.15) is 0 Å². The van der Waals surface area contributed by atoms with E-state index in [2.05, 4.69) is 5.32 Å². The Morgan fingerprint density at radius 1 is 1.00 bits per heavy atom. The molecule has 0 fully saturated rings. The molecule has 8 heteroatoms. The molecule has 0 aliphatic rings. The van der Waals surface area contributed by atoms with Gasteiger partial charge in [0.2, 0.25) is 11.8 Å². The van der Waals surface area contributed by atoms with Crippen LogP contribution in [0.2, 0.25) is 0 Å². The summed E-state index contributed by atoms with van der Waals surface area (Å²) in [7, 11) is 0. The first-order valence-corrected chi connectivity index (χ1v) is 8.80. The summed E-state index contributed by atoms with van der Waals surface area (Å²) in [6.45, 7) is 0. The van der Waals surface area contributed by atoms with E-state index in [4.69, 9.17) is 5.73 Å². The van der Waals surface area contributed by atoms with Crippen molar-refractivity contribution in [1.29, 1.82) is 0 Å². The Bertz CT molecular complexity index is 757. The number of hydrogen-bond donors (Lipinski definition) is 2. The van der Waals surface area contributed by atoms with Gasteiger partial charge >= 0.3 is 0 Å². The van der Waals surface area contributed by atoms with Gasteiger partial charge in [-0.1, -0.05) is 12.1 Å². The molecular weight excluding hydrogens is 354 g/mol. The molecule has 0 aromatic heterocycles. The third-order valence-electron chi connectivity index (χ3n) is 2.79. The third-order valence-corrected chi connectivity index (χ3v) is 4.88. The molecule has 2 aromatic carbocycles. The molecule has 126 valence electrons. The van der Waals surface area contributed by atoms with Crippen LogP contribution in [0.4, 0.5) is 14.5 Å². The first-order chi connectivity index (χ1) is 11.5. The third kappa shape index (κ3) is 5.54. The fraction of sp³-hybridized carbons (Fsp3) is 0.125. The molecule has 0 atom stereocenters. The number of carbonyl (C=O) groups is 2. The van der Waals surface area contributed by atoms with E-state index in [1.54, 1.807) is 24.3 Å². The number of para-hydroxylation sites is 1. The van der Waals surface area contributed by atoms with Crippen LogP contribution < -0.4 is 11.1 Å². The Balaban J connectivity index is 1.94. The second-order valence-electron chi connectivity index (χ2n) is 4.66. The monoisotopic (exact) mass is 368 g/mol. The maximum atomic E-state index is 13.1. The number of halogens is 2. The van der Waals surface area contributed by atoms with Gasteiger partial charge in [0, 0.05) is 9.79 Å². The van der Waals surface area contributed by atoms with E-state index < -0.39 is 17.5 Å². The number of benzene rings is 2. The number of nitrogens with two attached hydrogens (primary N) is 1. The SMILES string of the molecule is NC(=O)CSc1ccccc1NC(=O)CSc1ccc(F)c(F)c1. The zero-order valence-electron chi connectivity index (χ0n) is 12.4. The van der Waals surface area contributed by atoms with Gasteiger partial charge in [-0.25, -0.2) is 8.78 Å². The Kier molecular flexibility index (Phi) is 6.62. The van der Waals surface area contributed by atoms with Gasteiger partial charge in [0.25, 0.3) is 0 Å². The largest absolute Gasteiger partial charge is 0.369 e. The molecule has 0 saturated carbocycles. The summed E-state index contributed by atoms with van der Waals surface area (Å²) in [5.74, 6) is -2.47. The maximum Gasteiger partial charge on any atom is 0.234 e. The van der Waals surface area contributed by atoms with Gasteiger partial charge < -0.3 is 11.1 Å². The van der Waals surface area contributed by atoms with Crippen LogP contribution in [0.3, 0.4) is 0 Å². The Morgan fingerprint density at radius 2 is 1.75 bits per heavy atom. The fourth-order valence-corrected chi connectivity index (χ4v) is 3.21.